The molecule has 0 radical (unpaired) electrons. The van der Waals surface area contributed by atoms with Crippen molar-refractivity contribution in [1.82, 2.24) is 35.7 Å². The number of hydrogen-bond donors (Lipinski definition) is 3. The zero-order valence-electron chi connectivity index (χ0n) is 28.7. The van der Waals surface area contributed by atoms with Gasteiger partial charge in [0.1, 0.15) is 23.2 Å². The summed E-state index contributed by atoms with van der Waals surface area (Å²) >= 11 is 0. The fourth-order valence-electron chi connectivity index (χ4n) is 6.82. The van der Waals surface area contributed by atoms with Crippen molar-refractivity contribution in [3.63, 3.8) is 0 Å². The van der Waals surface area contributed by atoms with Gasteiger partial charge in [0.2, 0.25) is 11.8 Å². The van der Waals surface area contributed by atoms with E-state index in [1.165, 1.54) is 9.70 Å². The highest BCUT2D eigenvalue weighted by Gasteiger charge is 2.61. The van der Waals surface area contributed by atoms with E-state index in [9.17, 15) is 24.3 Å². The minimum absolute atomic E-state index is 0.101. The maximum Gasteiger partial charge on any atom is 0.408 e. The van der Waals surface area contributed by atoms with Crippen LogP contribution in [0.3, 0.4) is 0 Å². The van der Waals surface area contributed by atoms with Gasteiger partial charge in [0.05, 0.1) is 6.54 Å². The topological polar surface area (TPSA) is 169 Å². The molecule has 6 rings (SSSR count). The van der Waals surface area contributed by atoms with E-state index in [1.54, 1.807) is 20.8 Å². The molecule has 50 heavy (non-hydrogen) atoms. The molecule has 3 heterocycles. The number of carboxylic acid groups (broad SMARTS) is 1. The molecule has 5 atom stereocenters. The number of carbonyl (C=O) groups is 4. The third kappa shape index (κ3) is 8.03. The van der Waals surface area contributed by atoms with Crippen LogP contribution >= 0.6 is 0 Å². The van der Waals surface area contributed by atoms with Crippen LogP contribution in [-0.2, 0) is 25.7 Å². The number of carboxylic acids is 1. The van der Waals surface area contributed by atoms with Crippen molar-refractivity contribution in [2.45, 2.75) is 101 Å². The molecule has 264 valence electrons. The first-order valence-corrected chi connectivity index (χ1v) is 17.4. The number of nitrogens with zero attached hydrogens (tertiary/aromatic N) is 5. The van der Waals surface area contributed by atoms with E-state index >= 15 is 0 Å². The standard InChI is InChI=1S/C37H45N7O6/c1-36(2,3)50-35(49)38-29-15-11-6-4-5-10-14-28-21-37(28,34(47)48)39-32(45)30-20-27(23-43(30)33(29)46)31-40-42-44(41-31)22-24-16-18-26(19-17-24)25-12-8-7-9-13-25/h7-10,12-14,16-19,27-30H,4-6,11,15,20-23H2,1-3H3,(H,38,49)(H,39,45)(H,47,48)/b14-10-/t27-,28-,29+,30+,37-/m1/s1. The number of nitrogens with one attached hydrogen (secondary N) is 2. The second-order valence-electron chi connectivity index (χ2n) is 14.5. The lowest BCUT2D eigenvalue weighted by molar-refractivity contribution is -0.145. The summed E-state index contributed by atoms with van der Waals surface area (Å²) in [4.78, 5) is 56.4. The summed E-state index contributed by atoms with van der Waals surface area (Å²) in [5.41, 5.74) is 0.996. The molecule has 13 nitrogen and oxygen atoms in total. The quantitative estimate of drug-likeness (QED) is 0.318. The molecule has 3 N–H and O–H groups in total. The summed E-state index contributed by atoms with van der Waals surface area (Å²) in [6, 6.07) is 16.3. The van der Waals surface area contributed by atoms with E-state index in [1.807, 2.05) is 54.6 Å². The smallest absolute Gasteiger partial charge is 0.408 e. The molecule has 3 aromatic rings. The van der Waals surface area contributed by atoms with Crippen molar-refractivity contribution >= 4 is 23.9 Å². The molecule has 2 aliphatic heterocycles. The predicted octanol–water partition coefficient (Wildman–Crippen LogP) is 4.45. The summed E-state index contributed by atoms with van der Waals surface area (Å²) in [5, 5.41) is 28.9. The van der Waals surface area contributed by atoms with E-state index < -0.39 is 53.0 Å². The van der Waals surface area contributed by atoms with Crippen molar-refractivity contribution in [2.75, 3.05) is 6.54 Å². The Balaban J connectivity index is 1.23. The van der Waals surface area contributed by atoms with Crippen LogP contribution in [-0.4, -0.2) is 83.9 Å². The molecule has 1 aliphatic carbocycles. The van der Waals surface area contributed by atoms with E-state index in [0.717, 1.165) is 36.0 Å². The van der Waals surface area contributed by atoms with Crippen molar-refractivity contribution in [1.29, 1.82) is 0 Å². The first-order valence-electron chi connectivity index (χ1n) is 17.4. The summed E-state index contributed by atoms with van der Waals surface area (Å²) in [5.74, 6) is -2.50. The molecule has 3 amide bonds. The van der Waals surface area contributed by atoms with Crippen LogP contribution in [0.4, 0.5) is 4.79 Å². The Morgan fingerprint density at radius 3 is 2.50 bits per heavy atom. The zero-order chi connectivity index (χ0) is 35.5. The van der Waals surface area contributed by atoms with Gasteiger partial charge < -0.3 is 25.4 Å². The van der Waals surface area contributed by atoms with Gasteiger partial charge in [0, 0.05) is 18.4 Å². The summed E-state index contributed by atoms with van der Waals surface area (Å²) in [6.07, 6.45) is 6.99. The lowest BCUT2D eigenvalue weighted by atomic mass is 10.0. The summed E-state index contributed by atoms with van der Waals surface area (Å²) in [7, 11) is 0. The highest BCUT2D eigenvalue weighted by molar-refractivity contribution is 5.96. The van der Waals surface area contributed by atoms with Crippen LogP contribution in [0.25, 0.3) is 11.1 Å². The number of amides is 3. The van der Waals surface area contributed by atoms with Crippen LogP contribution < -0.4 is 10.6 Å². The molecular weight excluding hydrogens is 638 g/mol. The third-order valence-corrected chi connectivity index (χ3v) is 9.57. The number of aliphatic carboxylic acids is 1. The maximum absolute atomic E-state index is 14.3. The van der Waals surface area contributed by atoms with Crippen LogP contribution in [0.15, 0.2) is 66.7 Å². The Morgan fingerprint density at radius 2 is 1.78 bits per heavy atom. The number of alkyl carbamates (subject to hydrolysis) is 1. The molecule has 0 spiro atoms. The molecule has 0 unspecified atom stereocenters. The zero-order valence-corrected chi connectivity index (χ0v) is 28.7. The average Bonchev–Trinajstić information content (AvgIpc) is 3.36. The molecule has 13 heteroatoms. The second kappa shape index (κ2) is 14.4. The fourth-order valence-corrected chi connectivity index (χ4v) is 6.82. The number of carbonyl (C=O) groups excluding carboxylic acids is 3. The maximum atomic E-state index is 14.3. The number of benzene rings is 2. The van der Waals surface area contributed by atoms with Crippen LogP contribution in [0.2, 0.25) is 0 Å². The Bertz CT molecular complexity index is 1730. The fraction of sp³-hybridized carbons (Fsp3) is 0.486. The molecule has 1 aromatic heterocycles. The molecular formula is C37H45N7O6. The monoisotopic (exact) mass is 683 g/mol. The molecule has 1 saturated carbocycles. The van der Waals surface area contributed by atoms with Gasteiger partial charge in [-0.3, -0.25) is 9.59 Å². The number of allylic oxidation sites excluding steroid dienone is 1. The number of hydrogen-bond acceptors (Lipinski definition) is 8. The van der Waals surface area contributed by atoms with Gasteiger partial charge in [-0.05, 0) is 74.8 Å². The first kappa shape index (κ1) is 34.8. The van der Waals surface area contributed by atoms with Gasteiger partial charge in [0.15, 0.2) is 5.82 Å². The predicted molar refractivity (Wildman–Crippen MR) is 184 cm³/mol. The van der Waals surface area contributed by atoms with E-state index in [-0.39, 0.29) is 25.3 Å². The SMILES string of the molecule is CC(C)(C)OC(=O)N[C@H]1CCCCC/C=C\[C@@H]2C[C@@]2(C(=O)O)NC(=O)[C@@H]2C[C@@H](c3nnn(Cc4ccc(-c5ccccc5)cc4)n3)CN2C1=O. The van der Waals surface area contributed by atoms with Crippen molar-refractivity contribution in [3.05, 3.63) is 78.1 Å². The lowest BCUT2D eigenvalue weighted by Gasteiger charge is -2.30. The third-order valence-electron chi connectivity index (χ3n) is 9.57. The van der Waals surface area contributed by atoms with E-state index in [4.69, 9.17) is 4.74 Å². The normalized spacial score (nSPS) is 26.4. The molecule has 2 aromatic carbocycles. The van der Waals surface area contributed by atoms with Crippen LogP contribution in [0.1, 0.15) is 83.0 Å². The number of tetrazole rings is 1. The highest BCUT2D eigenvalue weighted by Crippen LogP contribution is 2.45. The van der Waals surface area contributed by atoms with Gasteiger partial charge in [0.25, 0.3) is 0 Å². The van der Waals surface area contributed by atoms with Gasteiger partial charge in [-0.25, -0.2) is 9.59 Å². The van der Waals surface area contributed by atoms with Gasteiger partial charge in [-0.1, -0.05) is 79.6 Å². The van der Waals surface area contributed by atoms with Crippen molar-refractivity contribution < 1.29 is 29.0 Å². The summed E-state index contributed by atoms with van der Waals surface area (Å²) < 4.78 is 5.47. The minimum Gasteiger partial charge on any atom is -0.479 e. The van der Waals surface area contributed by atoms with Crippen LogP contribution in [0.5, 0.6) is 0 Å². The van der Waals surface area contributed by atoms with E-state index in [0.29, 0.717) is 25.2 Å². The number of ether oxygens (including phenoxy) is 1. The number of fused-ring (bicyclic) bond motifs is 2. The number of aromatic nitrogens is 4. The largest absolute Gasteiger partial charge is 0.479 e. The second-order valence-corrected chi connectivity index (χ2v) is 14.5. The molecule has 2 fully saturated rings. The molecule has 1 saturated heterocycles. The van der Waals surface area contributed by atoms with Crippen molar-refractivity contribution in [2.24, 2.45) is 5.92 Å². The lowest BCUT2D eigenvalue weighted by Crippen LogP contribution is -2.56. The summed E-state index contributed by atoms with van der Waals surface area (Å²) in [6.45, 7) is 5.71. The Labute approximate surface area is 291 Å². The minimum atomic E-state index is -1.42. The molecule has 0 bridgehead atoms. The van der Waals surface area contributed by atoms with Crippen LogP contribution in [0, 0.1) is 5.92 Å². The Hall–Kier alpha value is -5.07. The Morgan fingerprint density at radius 1 is 1.04 bits per heavy atom. The highest BCUT2D eigenvalue weighted by atomic mass is 16.6. The van der Waals surface area contributed by atoms with Crippen molar-refractivity contribution in [3.8, 4) is 11.1 Å². The Kier molecular flexibility index (Phi) is 10.0. The van der Waals surface area contributed by atoms with Gasteiger partial charge >= 0.3 is 12.1 Å². The van der Waals surface area contributed by atoms with Gasteiger partial charge in [-0.15, -0.1) is 10.2 Å². The average molecular weight is 684 g/mol. The first-order chi connectivity index (χ1) is 23.9. The van der Waals surface area contributed by atoms with E-state index in [2.05, 4.69) is 38.2 Å². The molecule has 3 aliphatic rings. The van der Waals surface area contributed by atoms with Gasteiger partial charge in [-0.2, -0.15) is 4.80 Å². The number of rotatable bonds is 6.